The van der Waals surface area contributed by atoms with Crippen LogP contribution in [0.4, 0.5) is 8.78 Å². The molecule has 3 N–H and O–H groups in total. The number of ether oxygens (including phenoxy) is 1. The first kappa shape index (κ1) is 21.7. The second-order valence-electron chi connectivity index (χ2n) is 7.68. The van der Waals surface area contributed by atoms with E-state index in [1.165, 1.54) is 24.5 Å². The average molecular weight is 437 g/mol. The summed E-state index contributed by atoms with van der Waals surface area (Å²) in [4.78, 5) is 4.43. The summed E-state index contributed by atoms with van der Waals surface area (Å²) < 4.78 is 35.0. The molecule has 32 heavy (non-hydrogen) atoms. The second-order valence-corrected chi connectivity index (χ2v) is 7.68. The van der Waals surface area contributed by atoms with E-state index in [2.05, 4.69) is 15.4 Å². The zero-order valence-electron chi connectivity index (χ0n) is 17.7. The molecule has 0 bridgehead atoms. The first-order valence-electron chi connectivity index (χ1n) is 10.5. The van der Waals surface area contributed by atoms with Gasteiger partial charge in [-0.3, -0.25) is 0 Å². The molecule has 2 heterocycles. The van der Waals surface area contributed by atoms with Crippen LogP contribution < -0.4 is 15.8 Å². The highest BCUT2D eigenvalue weighted by Gasteiger charge is 2.18. The Bertz CT molecular complexity index is 1140. The third-order valence-electron chi connectivity index (χ3n) is 5.45. The SMILES string of the molecule is CC(/C=C\c1ncc(-c2ccc(F)c(OC[C@@H]3CCN3)c2)n1/N=C/N)c1cccc(F)c1. The second kappa shape index (κ2) is 9.74. The highest BCUT2D eigenvalue weighted by molar-refractivity contribution is 5.65. The highest BCUT2D eigenvalue weighted by atomic mass is 19.1. The molecular formula is C24H25F2N5O. The summed E-state index contributed by atoms with van der Waals surface area (Å²) in [5, 5.41) is 7.43. The zero-order valence-corrected chi connectivity index (χ0v) is 17.7. The van der Waals surface area contributed by atoms with Gasteiger partial charge in [0.15, 0.2) is 17.4 Å². The number of nitrogens with one attached hydrogen (secondary N) is 1. The molecule has 0 radical (unpaired) electrons. The van der Waals surface area contributed by atoms with Crippen molar-refractivity contribution in [3.8, 4) is 17.0 Å². The summed E-state index contributed by atoms with van der Waals surface area (Å²) in [7, 11) is 0. The predicted molar refractivity (Wildman–Crippen MR) is 121 cm³/mol. The lowest BCUT2D eigenvalue weighted by Crippen LogP contribution is -2.46. The van der Waals surface area contributed by atoms with E-state index in [0.717, 1.165) is 18.5 Å². The number of benzene rings is 2. The monoisotopic (exact) mass is 437 g/mol. The Morgan fingerprint density at radius 2 is 2.16 bits per heavy atom. The predicted octanol–water partition coefficient (Wildman–Crippen LogP) is 4.14. The Morgan fingerprint density at radius 3 is 2.88 bits per heavy atom. The molecule has 3 aromatic rings. The number of halogens is 2. The molecule has 1 aliphatic heterocycles. The van der Waals surface area contributed by atoms with Crippen molar-refractivity contribution in [1.29, 1.82) is 0 Å². The fourth-order valence-electron chi connectivity index (χ4n) is 3.44. The lowest BCUT2D eigenvalue weighted by atomic mass is 10.0. The van der Waals surface area contributed by atoms with E-state index >= 15 is 0 Å². The van der Waals surface area contributed by atoms with Crippen LogP contribution in [0.2, 0.25) is 0 Å². The molecule has 0 amide bonds. The van der Waals surface area contributed by atoms with Crippen molar-refractivity contribution in [3.63, 3.8) is 0 Å². The number of nitrogens with zero attached hydrogens (tertiary/aromatic N) is 3. The number of rotatable bonds is 8. The van der Waals surface area contributed by atoms with Crippen molar-refractivity contribution >= 4 is 12.4 Å². The van der Waals surface area contributed by atoms with Gasteiger partial charge in [0.05, 0.1) is 11.9 Å². The summed E-state index contributed by atoms with van der Waals surface area (Å²) in [5.41, 5.74) is 7.74. The summed E-state index contributed by atoms with van der Waals surface area (Å²) in [6.07, 6.45) is 7.54. The standard InChI is InChI=1S/C24H25F2N5O/c1-16(17-3-2-4-19(25)11-17)5-8-24-29-13-22(31(24)30-15-27)18-6-7-21(26)23(12-18)32-14-20-9-10-28-20/h2-8,11-13,15-16,20,28H,9-10,14H2,1H3,(H2,27,30)/b8-5-/t16?,20-/m0/s1. The number of aromatic nitrogens is 2. The molecule has 2 atom stereocenters. The van der Waals surface area contributed by atoms with Crippen LogP contribution in [0.5, 0.6) is 5.75 Å². The van der Waals surface area contributed by atoms with Crippen LogP contribution in [0.3, 0.4) is 0 Å². The van der Waals surface area contributed by atoms with Crippen LogP contribution in [-0.4, -0.2) is 35.2 Å². The first-order valence-corrected chi connectivity index (χ1v) is 10.5. The molecule has 0 aliphatic carbocycles. The lowest BCUT2D eigenvalue weighted by molar-refractivity contribution is 0.211. The van der Waals surface area contributed by atoms with Crippen LogP contribution in [0.25, 0.3) is 17.3 Å². The van der Waals surface area contributed by atoms with Crippen LogP contribution in [-0.2, 0) is 0 Å². The van der Waals surface area contributed by atoms with Gasteiger partial charge in [0.2, 0.25) is 0 Å². The molecule has 166 valence electrons. The topological polar surface area (TPSA) is 77.5 Å². The molecule has 1 saturated heterocycles. The Morgan fingerprint density at radius 1 is 1.31 bits per heavy atom. The third kappa shape index (κ3) is 4.86. The molecule has 0 saturated carbocycles. The summed E-state index contributed by atoms with van der Waals surface area (Å²) in [5.74, 6) is -0.0211. The van der Waals surface area contributed by atoms with Crippen molar-refractivity contribution in [3.05, 3.63) is 77.8 Å². The Hall–Kier alpha value is -3.52. The van der Waals surface area contributed by atoms with E-state index in [4.69, 9.17) is 10.5 Å². The number of nitrogens with two attached hydrogens (primary N) is 1. The number of imidazole rings is 1. The molecule has 1 aliphatic rings. The Kier molecular flexibility index (Phi) is 6.61. The molecule has 4 rings (SSSR count). The van der Waals surface area contributed by atoms with Crippen LogP contribution in [0.15, 0.2) is 59.8 Å². The van der Waals surface area contributed by atoms with Crippen molar-refractivity contribution in [2.75, 3.05) is 13.2 Å². The molecule has 1 unspecified atom stereocenters. The fourth-order valence-corrected chi connectivity index (χ4v) is 3.44. The van der Waals surface area contributed by atoms with Gasteiger partial charge in [-0.1, -0.05) is 25.1 Å². The quantitative estimate of drug-likeness (QED) is 0.410. The zero-order chi connectivity index (χ0) is 22.5. The van der Waals surface area contributed by atoms with E-state index in [1.807, 2.05) is 19.1 Å². The van der Waals surface area contributed by atoms with Crippen LogP contribution in [0.1, 0.15) is 30.7 Å². The molecule has 8 heteroatoms. The molecule has 6 nitrogen and oxygen atoms in total. The summed E-state index contributed by atoms with van der Waals surface area (Å²) in [6.45, 7) is 3.33. The van der Waals surface area contributed by atoms with Crippen molar-refractivity contribution < 1.29 is 13.5 Å². The Balaban J connectivity index is 1.59. The molecule has 2 aromatic carbocycles. The average Bonchev–Trinajstić information content (AvgIpc) is 3.15. The van der Waals surface area contributed by atoms with Crippen LogP contribution >= 0.6 is 0 Å². The van der Waals surface area contributed by atoms with Gasteiger partial charge in [-0.05, 0) is 60.9 Å². The smallest absolute Gasteiger partial charge is 0.165 e. The van der Waals surface area contributed by atoms with E-state index in [1.54, 1.807) is 35.1 Å². The number of hydrogen-bond acceptors (Lipinski definition) is 4. The van der Waals surface area contributed by atoms with Crippen molar-refractivity contribution in [1.82, 2.24) is 15.0 Å². The maximum absolute atomic E-state index is 14.3. The van der Waals surface area contributed by atoms with Gasteiger partial charge in [0.1, 0.15) is 18.8 Å². The van der Waals surface area contributed by atoms with E-state index in [-0.39, 0.29) is 23.5 Å². The Labute approximate surface area is 185 Å². The minimum atomic E-state index is -0.425. The van der Waals surface area contributed by atoms with Crippen LogP contribution in [0, 0.1) is 11.6 Å². The number of hydrogen-bond donors (Lipinski definition) is 2. The fraction of sp³-hybridized carbons (Fsp3) is 0.250. The number of allylic oxidation sites excluding steroid dienone is 1. The van der Waals surface area contributed by atoms with Crippen molar-refractivity contribution in [2.24, 2.45) is 10.8 Å². The van der Waals surface area contributed by atoms with Gasteiger partial charge in [-0.2, -0.15) is 5.10 Å². The maximum Gasteiger partial charge on any atom is 0.165 e. The largest absolute Gasteiger partial charge is 0.489 e. The normalized spacial score (nSPS) is 17.0. The maximum atomic E-state index is 14.3. The third-order valence-corrected chi connectivity index (χ3v) is 5.45. The van der Waals surface area contributed by atoms with Gasteiger partial charge in [0.25, 0.3) is 0 Å². The van der Waals surface area contributed by atoms with Gasteiger partial charge in [0, 0.05) is 11.6 Å². The van der Waals surface area contributed by atoms with Gasteiger partial charge in [-0.15, -0.1) is 0 Å². The van der Waals surface area contributed by atoms with E-state index in [0.29, 0.717) is 23.7 Å². The molecule has 1 fully saturated rings. The van der Waals surface area contributed by atoms with E-state index < -0.39 is 5.82 Å². The molecule has 1 aromatic heterocycles. The summed E-state index contributed by atoms with van der Waals surface area (Å²) in [6, 6.07) is 11.4. The molecular weight excluding hydrogens is 412 g/mol. The van der Waals surface area contributed by atoms with Gasteiger partial charge >= 0.3 is 0 Å². The summed E-state index contributed by atoms with van der Waals surface area (Å²) >= 11 is 0. The van der Waals surface area contributed by atoms with Crippen molar-refractivity contribution in [2.45, 2.75) is 25.3 Å². The van der Waals surface area contributed by atoms with Gasteiger partial charge in [-0.25, -0.2) is 18.4 Å². The first-order chi connectivity index (χ1) is 15.5. The van der Waals surface area contributed by atoms with Gasteiger partial charge < -0.3 is 15.8 Å². The minimum Gasteiger partial charge on any atom is -0.489 e. The highest BCUT2D eigenvalue weighted by Crippen LogP contribution is 2.28. The lowest BCUT2D eigenvalue weighted by Gasteiger charge is -2.27. The molecule has 0 spiro atoms. The minimum absolute atomic E-state index is 0.0351. The van der Waals surface area contributed by atoms with E-state index in [9.17, 15) is 8.78 Å².